The summed E-state index contributed by atoms with van der Waals surface area (Å²) >= 11 is 0. The van der Waals surface area contributed by atoms with Gasteiger partial charge in [0.15, 0.2) is 0 Å². The van der Waals surface area contributed by atoms with Gasteiger partial charge in [0, 0.05) is 0 Å². The molecule has 0 bridgehead atoms. The first-order valence-corrected chi connectivity index (χ1v) is 7.13. The van der Waals surface area contributed by atoms with Crippen LogP contribution in [0.15, 0.2) is 66.7 Å². The van der Waals surface area contributed by atoms with Crippen molar-refractivity contribution in [1.29, 1.82) is 0 Å². The van der Waals surface area contributed by atoms with Crippen LogP contribution >= 0.6 is 0 Å². The van der Waals surface area contributed by atoms with Gasteiger partial charge in [-0.25, -0.2) is 0 Å². The van der Waals surface area contributed by atoms with Crippen LogP contribution in [0.1, 0.15) is 10.4 Å². The topological polar surface area (TPSA) is 47.8 Å². The Morgan fingerprint density at radius 1 is 0.909 bits per heavy atom. The van der Waals surface area contributed by atoms with Gasteiger partial charge in [0.05, 0.1) is 11.9 Å². The second-order valence-corrected chi connectivity index (χ2v) is 5.20. The summed E-state index contributed by atoms with van der Waals surface area (Å²) in [5, 5.41) is 10.3. The maximum Gasteiger partial charge on any atom is 0.253 e. The molecule has 4 aromatic rings. The van der Waals surface area contributed by atoms with Crippen molar-refractivity contribution in [1.82, 2.24) is 15.0 Å². The highest BCUT2D eigenvalue weighted by Crippen LogP contribution is 2.20. The van der Waals surface area contributed by atoms with E-state index in [1.165, 1.54) is 4.68 Å². The van der Waals surface area contributed by atoms with Crippen LogP contribution in [-0.4, -0.2) is 20.9 Å². The molecule has 1 aromatic heterocycles. The normalized spacial score (nSPS) is 11.1. The van der Waals surface area contributed by atoms with Crippen molar-refractivity contribution in [2.45, 2.75) is 6.42 Å². The third-order valence-electron chi connectivity index (χ3n) is 3.81. The van der Waals surface area contributed by atoms with Crippen LogP contribution in [-0.2, 0) is 6.42 Å². The largest absolute Gasteiger partial charge is 0.272 e. The molecule has 106 valence electrons. The average Bonchev–Trinajstić information content (AvgIpc) is 2.99. The zero-order valence-electron chi connectivity index (χ0n) is 11.8. The number of aromatic nitrogens is 3. The fourth-order valence-electron chi connectivity index (χ4n) is 2.74. The van der Waals surface area contributed by atoms with E-state index in [0.717, 1.165) is 27.4 Å². The predicted molar refractivity (Wildman–Crippen MR) is 85.8 cm³/mol. The number of carbonyl (C=O) groups excluding carboxylic acids is 1. The minimum Gasteiger partial charge on any atom is -0.272 e. The van der Waals surface area contributed by atoms with E-state index in [4.69, 9.17) is 0 Å². The second-order valence-electron chi connectivity index (χ2n) is 5.20. The molecule has 0 saturated heterocycles. The maximum atomic E-state index is 12.6. The first-order valence-electron chi connectivity index (χ1n) is 7.13. The molecular weight excluding hydrogens is 274 g/mol. The molecule has 0 aliphatic carbocycles. The Hall–Kier alpha value is -3.01. The first kappa shape index (κ1) is 12.7. The summed E-state index contributed by atoms with van der Waals surface area (Å²) in [5.74, 6) is -0.0787. The lowest BCUT2D eigenvalue weighted by molar-refractivity contribution is 0.0902. The standard InChI is InChI=1S/C18H13N3O/c22-18(21-17-11-4-3-10-16(17)19-20-21)12-14-8-5-7-13-6-1-2-9-15(13)14/h1-11H,12H2. The molecule has 0 atom stereocenters. The van der Waals surface area contributed by atoms with E-state index in [9.17, 15) is 4.79 Å². The van der Waals surface area contributed by atoms with Gasteiger partial charge in [0.2, 0.25) is 0 Å². The molecule has 1 heterocycles. The highest BCUT2D eigenvalue weighted by molar-refractivity contribution is 5.94. The molecule has 0 aliphatic rings. The van der Waals surface area contributed by atoms with E-state index in [2.05, 4.69) is 10.3 Å². The molecule has 0 amide bonds. The van der Waals surface area contributed by atoms with Crippen LogP contribution < -0.4 is 0 Å². The molecule has 0 spiro atoms. The number of benzene rings is 3. The molecule has 4 nitrogen and oxygen atoms in total. The molecule has 0 radical (unpaired) electrons. The van der Waals surface area contributed by atoms with Crippen LogP contribution in [0.4, 0.5) is 0 Å². The summed E-state index contributed by atoms with van der Waals surface area (Å²) in [6.45, 7) is 0. The zero-order chi connectivity index (χ0) is 14.9. The third-order valence-corrected chi connectivity index (χ3v) is 3.81. The van der Waals surface area contributed by atoms with Gasteiger partial charge in [-0.3, -0.25) is 4.79 Å². The van der Waals surface area contributed by atoms with E-state index in [1.54, 1.807) is 0 Å². The van der Waals surface area contributed by atoms with E-state index in [-0.39, 0.29) is 5.91 Å². The molecule has 0 saturated carbocycles. The van der Waals surface area contributed by atoms with E-state index < -0.39 is 0 Å². The minimum absolute atomic E-state index is 0.0787. The van der Waals surface area contributed by atoms with Crippen LogP contribution in [0.25, 0.3) is 21.8 Å². The molecule has 22 heavy (non-hydrogen) atoms. The summed E-state index contributed by atoms with van der Waals surface area (Å²) in [7, 11) is 0. The molecule has 0 aliphatic heterocycles. The lowest BCUT2D eigenvalue weighted by Crippen LogP contribution is -2.15. The molecule has 0 N–H and O–H groups in total. The van der Waals surface area contributed by atoms with E-state index in [0.29, 0.717) is 6.42 Å². The summed E-state index contributed by atoms with van der Waals surface area (Å²) in [6, 6.07) is 21.6. The number of rotatable bonds is 2. The Labute approximate surface area is 127 Å². The molecule has 0 unspecified atom stereocenters. The first-order chi connectivity index (χ1) is 10.8. The number of hydrogen-bond donors (Lipinski definition) is 0. The Balaban J connectivity index is 1.75. The van der Waals surface area contributed by atoms with Crippen molar-refractivity contribution >= 4 is 27.7 Å². The van der Waals surface area contributed by atoms with Crippen LogP contribution in [0.5, 0.6) is 0 Å². The van der Waals surface area contributed by atoms with Crippen molar-refractivity contribution in [3.63, 3.8) is 0 Å². The number of fused-ring (bicyclic) bond motifs is 2. The highest BCUT2D eigenvalue weighted by Gasteiger charge is 2.13. The quantitative estimate of drug-likeness (QED) is 0.567. The Morgan fingerprint density at radius 3 is 2.64 bits per heavy atom. The van der Waals surface area contributed by atoms with Crippen molar-refractivity contribution in [3.05, 3.63) is 72.3 Å². The lowest BCUT2D eigenvalue weighted by atomic mass is 10.0. The van der Waals surface area contributed by atoms with Gasteiger partial charge in [0.1, 0.15) is 5.52 Å². The third kappa shape index (κ3) is 2.05. The molecule has 3 aromatic carbocycles. The fraction of sp³-hybridized carbons (Fsp3) is 0.0556. The van der Waals surface area contributed by atoms with Gasteiger partial charge in [-0.2, -0.15) is 4.68 Å². The van der Waals surface area contributed by atoms with Crippen LogP contribution in [0, 0.1) is 0 Å². The zero-order valence-corrected chi connectivity index (χ0v) is 11.8. The number of nitrogens with zero attached hydrogens (tertiary/aromatic N) is 3. The molecular formula is C18H13N3O. The number of para-hydroxylation sites is 1. The summed E-state index contributed by atoms with van der Waals surface area (Å²) in [4.78, 5) is 12.6. The van der Waals surface area contributed by atoms with E-state index in [1.807, 2.05) is 66.7 Å². The van der Waals surface area contributed by atoms with Crippen molar-refractivity contribution in [3.8, 4) is 0 Å². The summed E-state index contributed by atoms with van der Waals surface area (Å²) < 4.78 is 1.39. The SMILES string of the molecule is O=C(Cc1cccc2ccccc12)n1nnc2ccccc21. The number of carbonyl (C=O) groups is 1. The number of hydrogen-bond acceptors (Lipinski definition) is 3. The van der Waals surface area contributed by atoms with Gasteiger partial charge >= 0.3 is 0 Å². The van der Waals surface area contributed by atoms with Crippen LogP contribution in [0.3, 0.4) is 0 Å². The Bertz CT molecular complexity index is 982. The predicted octanol–water partition coefficient (Wildman–Crippen LogP) is 3.47. The molecule has 4 heteroatoms. The molecule has 0 fully saturated rings. The average molecular weight is 287 g/mol. The van der Waals surface area contributed by atoms with Crippen molar-refractivity contribution in [2.75, 3.05) is 0 Å². The summed E-state index contributed by atoms with van der Waals surface area (Å²) in [6.07, 6.45) is 0.300. The monoisotopic (exact) mass is 287 g/mol. The second kappa shape index (κ2) is 5.07. The summed E-state index contributed by atoms with van der Waals surface area (Å²) in [5.41, 5.74) is 2.48. The van der Waals surface area contributed by atoms with Crippen molar-refractivity contribution < 1.29 is 4.79 Å². The Kier molecular flexibility index (Phi) is 2.93. The van der Waals surface area contributed by atoms with E-state index >= 15 is 0 Å². The van der Waals surface area contributed by atoms with Crippen molar-refractivity contribution in [2.24, 2.45) is 0 Å². The lowest BCUT2D eigenvalue weighted by Gasteiger charge is -2.06. The fourth-order valence-corrected chi connectivity index (χ4v) is 2.74. The van der Waals surface area contributed by atoms with Gasteiger partial charge in [-0.15, -0.1) is 5.10 Å². The molecule has 4 rings (SSSR count). The van der Waals surface area contributed by atoms with Gasteiger partial charge in [0.25, 0.3) is 5.91 Å². The minimum atomic E-state index is -0.0787. The van der Waals surface area contributed by atoms with Gasteiger partial charge in [-0.1, -0.05) is 59.8 Å². The van der Waals surface area contributed by atoms with Crippen LogP contribution in [0.2, 0.25) is 0 Å². The maximum absolute atomic E-state index is 12.6. The smallest absolute Gasteiger partial charge is 0.253 e. The highest BCUT2D eigenvalue weighted by atomic mass is 16.2. The van der Waals surface area contributed by atoms with Gasteiger partial charge < -0.3 is 0 Å². The Morgan fingerprint density at radius 2 is 1.68 bits per heavy atom. The van der Waals surface area contributed by atoms with Gasteiger partial charge in [-0.05, 0) is 28.5 Å².